The van der Waals surface area contributed by atoms with E-state index in [0.717, 1.165) is 56.1 Å². The number of benzene rings is 1. The molecule has 0 aromatic heterocycles. The molecule has 0 bridgehead atoms. The number of halogens is 1. The third-order valence-corrected chi connectivity index (χ3v) is 5.07. The van der Waals surface area contributed by atoms with Crippen molar-refractivity contribution in [2.75, 3.05) is 33.2 Å². The van der Waals surface area contributed by atoms with E-state index in [4.69, 9.17) is 10.8 Å². The molecule has 2 aliphatic heterocycles. The van der Waals surface area contributed by atoms with Crippen LogP contribution in [0.2, 0.25) is 0 Å². The summed E-state index contributed by atoms with van der Waals surface area (Å²) >= 11 is 0. The standard InChI is InChI=1S/C18H26FN5/c1-12-4-5-14-10-13(2)15(19)11-16(14)21-18(17(12)22-20)24-8-6-23(3)7-9-24/h10-12H,4-9,20H2,1-3H3/b21-18?,22-17+. The van der Waals surface area contributed by atoms with Crippen molar-refractivity contribution in [3.63, 3.8) is 0 Å². The third-order valence-electron chi connectivity index (χ3n) is 5.07. The van der Waals surface area contributed by atoms with Gasteiger partial charge in [-0.3, -0.25) is 0 Å². The van der Waals surface area contributed by atoms with E-state index in [1.165, 1.54) is 0 Å². The quantitative estimate of drug-likeness (QED) is 0.586. The fourth-order valence-corrected chi connectivity index (χ4v) is 3.37. The number of likely N-dealkylation sites (N-methyl/N-ethyl adjacent to an activating group) is 1. The molecule has 0 spiro atoms. The molecule has 24 heavy (non-hydrogen) atoms. The van der Waals surface area contributed by atoms with E-state index in [9.17, 15) is 4.39 Å². The molecule has 6 heteroatoms. The van der Waals surface area contributed by atoms with Gasteiger partial charge in [0.15, 0.2) is 5.84 Å². The summed E-state index contributed by atoms with van der Waals surface area (Å²) in [5, 5.41) is 4.06. The van der Waals surface area contributed by atoms with Gasteiger partial charge in [0.25, 0.3) is 0 Å². The first kappa shape index (κ1) is 16.9. The molecule has 5 nitrogen and oxygen atoms in total. The van der Waals surface area contributed by atoms with Crippen LogP contribution in [0.25, 0.3) is 0 Å². The summed E-state index contributed by atoms with van der Waals surface area (Å²) < 4.78 is 14.1. The van der Waals surface area contributed by atoms with Gasteiger partial charge in [-0.2, -0.15) is 5.10 Å². The predicted octanol–water partition coefficient (Wildman–Crippen LogP) is 2.31. The van der Waals surface area contributed by atoms with Gasteiger partial charge in [-0.05, 0) is 37.9 Å². The molecule has 1 aromatic carbocycles. The maximum atomic E-state index is 14.1. The third kappa shape index (κ3) is 3.29. The van der Waals surface area contributed by atoms with Crippen molar-refractivity contribution in [1.82, 2.24) is 9.80 Å². The van der Waals surface area contributed by atoms with E-state index in [0.29, 0.717) is 11.3 Å². The smallest absolute Gasteiger partial charge is 0.153 e. The second-order valence-electron chi connectivity index (χ2n) is 6.91. The lowest BCUT2D eigenvalue weighted by atomic mass is 9.92. The summed E-state index contributed by atoms with van der Waals surface area (Å²) in [7, 11) is 2.12. The zero-order valence-corrected chi connectivity index (χ0v) is 14.7. The van der Waals surface area contributed by atoms with Crippen molar-refractivity contribution in [2.24, 2.45) is 21.9 Å². The highest BCUT2D eigenvalue weighted by atomic mass is 19.1. The Morgan fingerprint density at radius 3 is 2.62 bits per heavy atom. The lowest BCUT2D eigenvalue weighted by Gasteiger charge is -2.36. The number of nitrogens with two attached hydrogens (primary N) is 1. The number of hydrazone groups is 1. The Labute approximate surface area is 143 Å². The molecule has 2 heterocycles. The minimum Gasteiger partial charge on any atom is -0.352 e. The number of rotatable bonds is 0. The minimum atomic E-state index is -0.213. The van der Waals surface area contributed by atoms with Crippen LogP contribution in [0, 0.1) is 18.7 Å². The van der Waals surface area contributed by atoms with Crippen LogP contribution < -0.4 is 5.84 Å². The fraction of sp³-hybridized carbons (Fsp3) is 0.556. The van der Waals surface area contributed by atoms with Crippen LogP contribution in [-0.2, 0) is 6.42 Å². The van der Waals surface area contributed by atoms with Crippen LogP contribution in [0.5, 0.6) is 0 Å². The molecule has 1 atom stereocenters. The van der Waals surface area contributed by atoms with E-state index >= 15 is 0 Å². The number of nitrogens with zero attached hydrogens (tertiary/aromatic N) is 4. The zero-order valence-electron chi connectivity index (χ0n) is 14.7. The van der Waals surface area contributed by atoms with Gasteiger partial charge in [0.2, 0.25) is 0 Å². The van der Waals surface area contributed by atoms with Crippen LogP contribution in [0.4, 0.5) is 10.1 Å². The van der Waals surface area contributed by atoms with Crippen molar-refractivity contribution < 1.29 is 4.39 Å². The lowest BCUT2D eigenvalue weighted by Crippen LogP contribution is -2.50. The second-order valence-corrected chi connectivity index (χ2v) is 6.91. The number of fused-ring (bicyclic) bond motifs is 1. The minimum absolute atomic E-state index is 0.213. The molecule has 0 radical (unpaired) electrons. The molecule has 2 N–H and O–H groups in total. The molecule has 2 aliphatic rings. The average Bonchev–Trinajstić information content (AvgIpc) is 2.56. The summed E-state index contributed by atoms with van der Waals surface area (Å²) in [5.41, 5.74) is 3.31. The van der Waals surface area contributed by atoms with Gasteiger partial charge >= 0.3 is 0 Å². The Morgan fingerprint density at radius 1 is 1.25 bits per heavy atom. The Morgan fingerprint density at radius 2 is 1.96 bits per heavy atom. The molecule has 1 unspecified atom stereocenters. The molecule has 0 saturated carbocycles. The van der Waals surface area contributed by atoms with Gasteiger partial charge in [-0.1, -0.05) is 13.0 Å². The summed E-state index contributed by atoms with van der Waals surface area (Å²) in [4.78, 5) is 9.35. The highest BCUT2D eigenvalue weighted by molar-refractivity contribution is 6.42. The van der Waals surface area contributed by atoms with E-state index in [2.05, 4.69) is 28.9 Å². The van der Waals surface area contributed by atoms with Crippen molar-refractivity contribution in [3.05, 3.63) is 29.1 Å². The van der Waals surface area contributed by atoms with Crippen LogP contribution in [0.1, 0.15) is 24.5 Å². The number of hydrogen-bond acceptors (Lipinski definition) is 5. The SMILES string of the molecule is Cc1cc2c(cc1F)N=C(N1CCN(C)CC1)/C(=N/N)C(C)CC2. The van der Waals surface area contributed by atoms with Crippen molar-refractivity contribution in [1.29, 1.82) is 0 Å². The molecule has 3 rings (SSSR count). The van der Waals surface area contributed by atoms with Crippen molar-refractivity contribution in [2.45, 2.75) is 26.7 Å². The second kappa shape index (κ2) is 6.89. The first-order chi connectivity index (χ1) is 11.5. The number of aliphatic imine (C=N–C) groups is 1. The maximum Gasteiger partial charge on any atom is 0.153 e. The van der Waals surface area contributed by atoms with Gasteiger partial charge in [-0.15, -0.1) is 0 Å². The van der Waals surface area contributed by atoms with E-state index in [1.807, 2.05) is 6.07 Å². The van der Waals surface area contributed by atoms with Crippen LogP contribution in [0.3, 0.4) is 0 Å². The lowest BCUT2D eigenvalue weighted by molar-refractivity contribution is 0.216. The molecule has 0 aliphatic carbocycles. The highest BCUT2D eigenvalue weighted by Crippen LogP contribution is 2.29. The molecule has 1 aromatic rings. The molecular formula is C18H26FN5. The predicted molar refractivity (Wildman–Crippen MR) is 96.4 cm³/mol. The average molecular weight is 331 g/mol. The van der Waals surface area contributed by atoms with E-state index in [1.54, 1.807) is 13.0 Å². The number of piperazine rings is 1. The van der Waals surface area contributed by atoms with Gasteiger partial charge in [-0.25, -0.2) is 9.38 Å². The Balaban J connectivity index is 2.07. The zero-order chi connectivity index (χ0) is 17.3. The van der Waals surface area contributed by atoms with Gasteiger partial charge < -0.3 is 15.6 Å². The monoisotopic (exact) mass is 331 g/mol. The summed E-state index contributed by atoms with van der Waals surface area (Å²) in [6.45, 7) is 7.64. The Hall–Kier alpha value is -1.95. The maximum absolute atomic E-state index is 14.1. The first-order valence-corrected chi connectivity index (χ1v) is 8.59. The molecule has 1 saturated heterocycles. The van der Waals surface area contributed by atoms with Gasteiger partial charge in [0.05, 0.1) is 5.69 Å². The molecule has 1 fully saturated rings. The summed E-state index contributed by atoms with van der Waals surface area (Å²) in [5.74, 6) is 6.53. The fourth-order valence-electron chi connectivity index (χ4n) is 3.37. The number of amidine groups is 1. The largest absolute Gasteiger partial charge is 0.352 e. The van der Waals surface area contributed by atoms with Crippen LogP contribution in [0.15, 0.2) is 22.2 Å². The molecule has 130 valence electrons. The Kier molecular flexibility index (Phi) is 4.85. The van der Waals surface area contributed by atoms with E-state index in [-0.39, 0.29) is 11.7 Å². The van der Waals surface area contributed by atoms with Crippen LogP contribution in [-0.4, -0.2) is 54.6 Å². The number of aryl methyl sites for hydroxylation is 2. The van der Waals surface area contributed by atoms with Crippen molar-refractivity contribution >= 4 is 17.2 Å². The Bertz CT molecular complexity index is 674. The van der Waals surface area contributed by atoms with Gasteiger partial charge in [0.1, 0.15) is 11.5 Å². The first-order valence-electron chi connectivity index (χ1n) is 8.59. The number of hydrogen-bond donors (Lipinski definition) is 1. The normalized spacial score (nSPS) is 24.3. The highest BCUT2D eigenvalue weighted by Gasteiger charge is 2.27. The molecule has 0 amide bonds. The van der Waals surface area contributed by atoms with E-state index < -0.39 is 0 Å². The van der Waals surface area contributed by atoms with Gasteiger partial charge in [0, 0.05) is 38.2 Å². The summed E-state index contributed by atoms with van der Waals surface area (Å²) in [6.07, 6.45) is 1.79. The van der Waals surface area contributed by atoms with Crippen molar-refractivity contribution in [3.8, 4) is 0 Å². The van der Waals surface area contributed by atoms with Crippen LogP contribution >= 0.6 is 0 Å². The summed E-state index contributed by atoms with van der Waals surface area (Å²) in [6, 6.07) is 3.47. The molecular weight excluding hydrogens is 305 g/mol. The topological polar surface area (TPSA) is 57.2 Å².